The fourth-order valence-electron chi connectivity index (χ4n) is 6.73. The number of fused-ring (bicyclic) bond motifs is 2. The number of ether oxygens (including phenoxy) is 1. The van der Waals surface area contributed by atoms with Crippen molar-refractivity contribution < 1.29 is 24.5 Å². The third-order valence-electron chi connectivity index (χ3n) is 8.08. The van der Waals surface area contributed by atoms with E-state index in [9.17, 15) is 19.8 Å². The van der Waals surface area contributed by atoms with Gasteiger partial charge in [0.1, 0.15) is 12.0 Å². The molecule has 0 radical (unpaired) electrons. The summed E-state index contributed by atoms with van der Waals surface area (Å²) in [6.07, 6.45) is 2.71. The number of aliphatic hydroxyl groups excluding tert-OH is 2. The molecule has 4 fully saturated rings. The van der Waals surface area contributed by atoms with Gasteiger partial charge in [-0.15, -0.1) is 0 Å². The van der Waals surface area contributed by atoms with Crippen LogP contribution in [0.3, 0.4) is 0 Å². The highest BCUT2D eigenvalue weighted by atomic mass is 16.5. The normalized spacial score (nSPS) is 48.4. The van der Waals surface area contributed by atoms with Crippen LogP contribution >= 0.6 is 0 Å². The van der Waals surface area contributed by atoms with E-state index >= 15 is 0 Å². The smallest absolute Gasteiger partial charge is 0.320 e. The molecule has 1 heterocycles. The van der Waals surface area contributed by atoms with E-state index in [0.29, 0.717) is 24.8 Å². The summed E-state index contributed by atoms with van der Waals surface area (Å²) in [4.78, 5) is 25.9. The molecule has 0 amide bonds. The van der Waals surface area contributed by atoms with Crippen molar-refractivity contribution >= 4 is 11.8 Å². The van der Waals surface area contributed by atoms with Crippen LogP contribution in [0.4, 0.5) is 0 Å². The Morgan fingerprint density at radius 2 is 1.96 bits per heavy atom. The Hall–Kier alpha value is -1.20. The van der Waals surface area contributed by atoms with Crippen molar-refractivity contribution in [3.05, 3.63) is 12.2 Å². The van der Waals surface area contributed by atoms with Crippen LogP contribution in [0.1, 0.15) is 46.0 Å². The molecule has 0 aromatic rings. The first kappa shape index (κ1) is 17.2. The molecular formula is C20H28O5. The van der Waals surface area contributed by atoms with E-state index in [1.54, 1.807) is 0 Å². The van der Waals surface area contributed by atoms with Crippen LogP contribution in [-0.2, 0) is 14.3 Å². The summed E-state index contributed by atoms with van der Waals surface area (Å²) >= 11 is 0. The number of Topliss-reactive ketones (excluding diaryl/α,β-unsaturated/α-hetero) is 1. The number of allylic oxidation sites excluding steroid dienone is 1. The molecule has 4 aliphatic rings. The van der Waals surface area contributed by atoms with Crippen molar-refractivity contribution in [3.8, 4) is 0 Å². The van der Waals surface area contributed by atoms with Crippen molar-refractivity contribution in [2.75, 3.05) is 13.2 Å². The monoisotopic (exact) mass is 348 g/mol. The Labute approximate surface area is 148 Å². The van der Waals surface area contributed by atoms with Crippen LogP contribution in [0, 0.1) is 34.0 Å². The predicted octanol–water partition coefficient (Wildman–Crippen LogP) is 1.86. The maximum Gasteiger partial charge on any atom is 0.320 e. The lowest BCUT2D eigenvalue weighted by Gasteiger charge is -2.62. The second kappa shape index (κ2) is 5.17. The first-order valence-corrected chi connectivity index (χ1v) is 9.41. The van der Waals surface area contributed by atoms with E-state index in [-0.39, 0.29) is 42.2 Å². The van der Waals surface area contributed by atoms with Gasteiger partial charge in [0.15, 0.2) is 5.78 Å². The highest BCUT2D eigenvalue weighted by molar-refractivity contribution is 6.15. The van der Waals surface area contributed by atoms with Gasteiger partial charge < -0.3 is 14.9 Å². The molecule has 6 atom stereocenters. The molecule has 3 aliphatic carbocycles. The quantitative estimate of drug-likeness (QED) is 0.429. The predicted molar refractivity (Wildman–Crippen MR) is 90.4 cm³/mol. The average Bonchev–Trinajstić information content (AvgIpc) is 2.77. The Kier molecular flexibility index (Phi) is 3.56. The Morgan fingerprint density at radius 1 is 1.24 bits per heavy atom. The number of rotatable bonds is 1. The molecule has 25 heavy (non-hydrogen) atoms. The zero-order valence-electron chi connectivity index (χ0n) is 15.1. The maximum absolute atomic E-state index is 13.1. The van der Waals surface area contributed by atoms with Crippen molar-refractivity contribution in [1.82, 2.24) is 0 Å². The zero-order valence-corrected chi connectivity index (χ0v) is 15.1. The Bertz CT molecular complexity index is 652. The Morgan fingerprint density at radius 3 is 2.64 bits per heavy atom. The summed E-state index contributed by atoms with van der Waals surface area (Å²) in [6, 6.07) is 0. The highest BCUT2D eigenvalue weighted by Gasteiger charge is 2.73. The minimum Gasteiger partial charge on any atom is -0.464 e. The van der Waals surface area contributed by atoms with Gasteiger partial charge in [0.25, 0.3) is 0 Å². The summed E-state index contributed by atoms with van der Waals surface area (Å²) in [7, 11) is 0. The summed E-state index contributed by atoms with van der Waals surface area (Å²) in [5.41, 5.74) is -1.59. The van der Waals surface area contributed by atoms with Crippen molar-refractivity contribution in [3.63, 3.8) is 0 Å². The standard InChI is InChI=1S/C20H28O5/c1-11-12-4-5-13-19(8-12,16(11)23)17(24)25-10-20(13)14(9-21)18(2,3)7-6-15(20)22/h12-15,21-22H,1,4-10H2,2-3H3. The molecule has 1 aliphatic heterocycles. The molecule has 2 N–H and O–H groups in total. The number of hydrogen-bond acceptors (Lipinski definition) is 5. The van der Waals surface area contributed by atoms with E-state index in [0.717, 1.165) is 12.8 Å². The number of aliphatic hydroxyl groups is 2. The van der Waals surface area contributed by atoms with Crippen molar-refractivity contribution in [2.24, 2.45) is 34.0 Å². The van der Waals surface area contributed by atoms with Gasteiger partial charge in [-0.2, -0.15) is 0 Å². The van der Waals surface area contributed by atoms with E-state index in [1.165, 1.54) is 0 Å². The fraction of sp³-hybridized carbons (Fsp3) is 0.800. The van der Waals surface area contributed by atoms with Crippen LogP contribution in [0.25, 0.3) is 0 Å². The lowest BCUT2D eigenvalue weighted by molar-refractivity contribution is -0.242. The SMILES string of the molecule is C=C1C(=O)C23CC1CCC2C1(COC3=O)C(O)CCC(C)(C)C1CO. The summed E-state index contributed by atoms with van der Waals surface area (Å²) < 4.78 is 5.60. The van der Waals surface area contributed by atoms with Gasteiger partial charge >= 0.3 is 5.97 Å². The molecule has 3 saturated carbocycles. The van der Waals surface area contributed by atoms with Gasteiger partial charge in [0.05, 0.1) is 6.10 Å². The molecule has 2 spiro atoms. The minimum absolute atomic E-state index is 0.0489. The summed E-state index contributed by atoms with van der Waals surface area (Å²) in [6.45, 7) is 8.17. The van der Waals surface area contributed by atoms with E-state index in [4.69, 9.17) is 4.74 Å². The number of carbonyl (C=O) groups is 2. The first-order chi connectivity index (χ1) is 11.7. The number of hydrogen-bond donors (Lipinski definition) is 2. The Balaban J connectivity index is 1.90. The highest BCUT2D eigenvalue weighted by Crippen LogP contribution is 2.67. The maximum atomic E-state index is 13.1. The largest absolute Gasteiger partial charge is 0.464 e. The van der Waals surface area contributed by atoms with Gasteiger partial charge in [0, 0.05) is 12.0 Å². The molecule has 5 heteroatoms. The molecule has 0 aromatic heterocycles. The van der Waals surface area contributed by atoms with Crippen LogP contribution in [0.15, 0.2) is 12.2 Å². The average molecular weight is 348 g/mol. The number of ketones is 1. The van der Waals surface area contributed by atoms with E-state index < -0.39 is 22.9 Å². The van der Waals surface area contributed by atoms with Gasteiger partial charge in [-0.05, 0) is 60.8 Å². The lowest BCUT2D eigenvalue weighted by Crippen LogP contribution is -2.68. The molecule has 4 rings (SSSR count). The second-order valence-electron chi connectivity index (χ2n) is 9.32. The summed E-state index contributed by atoms with van der Waals surface area (Å²) in [5, 5.41) is 21.3. The number of cyclic esters (lactones) is 1. The first-order valence-electron chi connectivity index (χ1n) is 9.41. The molecule has 6 unspecified atom stereocenters. The molecule has 138 valence electrons. The molecule has 5 nitrogen and oxygen atoms in total. The van der Waals surface area contributed by atoms with Gasteiger partial charge in [-0.3, -0.25) is 9.59 Å². The number of carbonyl (C=O) groups excluding carboxylic acids is 2. The molecule has 0 aromatic carbocycles. The van der Waals surface area contributed by atoms with Gasteiger partial charge in [-0.25, -0.2) is 0 Å². The second-order valence-corrected chi connectivity index (χ2v) is 9.32. The van der Waals surface area contributed by atoms with Crippen LogP contribution < -0.4 is 0 Å². The topological polar surface area (TPSA) is 83.8 Å². The van der Waals surface area contributed by atoms with Crippen molar-refractivity contribution in [2.45, 2.75) is 52.1 Å². The third-order valence-corrected chi connectivity index (χ3v) is 8.08. The molecule has 2 bridgehead atoms. The fourth-order valence-corrected chi connectivity index (χ4v) is 6.73. The lowest BCUT2D eigenvalue weighted by atomic mass is 9.44. The van der Waals surface area contributed by atoms with Crippen LogP contribution in [0.5, 0.6) is 0 Å². The third kappa shape index (κ3) is 1.86. The molecular weight excluding hydrogens is 320 g/mol. The summed E-state index contributed by atoms with van der Waals surface area (Å²) in [5.74, 6) is -1.07. The van der Waals surface area contributed by atoms with Crippen molar-refractivity contribution in [1.29, 1.82) is 0 Å². The van der Waals surface area contributed by atoms with Gasteiger partial charge in [-0.1, -0.05) is 20.4 Å². The van der Waals surface area contributed by atoms with E-state index in [1.807, 2.05) is 0 Å². The van der Waals surface area contributed by atoms with E-state index in [2.05, 4.69) is 20.4 Å². The minimum atomic E-state index is -1.19. The molecule has 1 saturated heterocycles. The van der Waals surface area contributed by atoms with Crippen LogP contribution in [0.2, 0.25) is 0 Å². The van der Waals surface area contributed by atoms with Crippen LogP contribution in [-0.4, -0.2) is 41.3 Å². The van der Waals surface area contributed by atoms with Gasteiger partial charge in [0.2, 0.25) is 0 Å². The zero-order chi connectivity index (χ0) is 18.2. The number of esters is 1.